The molecule has 0 fully saturated rings. The third-order valence-electron chi connectivity index (χ3n) is 4.44. The van der Waals surface area contributed by atoms with E-state index in [1.807, 2.05) is 36.4 Å². The third-order valence-corrected chi connectivity index (χ3v) is 9.48. The molecule has 0 amide bonds. The number of benzene rings is 2. The van der Waals surface area contributed by atoms with Gasteiger partial charge in [-0.15, -0.1) is 0 Å². The second-order valence-electron chi connectivity index (χ2n) is 7.17. The molecule has 0 radical (unpaired) electrons. The van der Waals surface area contributed by atoms with Crippen LogP contribution in [0.5, 0.6) is 0 Å². The van der Waals surface area contributed by atoms with Gasteiger partial charge in [-0.2, -0.15) is 0 Å². The lowest BCUT2D eigenvalue weighted by atomic mass is 10.2. The van der Waals surface area contributed by atoms with Crippen LogP contribution in [-0.2, 0) is 9.22 Å². The number of aliphatic carboxylic acids is 1. The first-order valence-corrected chi connectivity index (χ1v) is 10.4. The van der Waals surface area contributed by atoms with E-state index in [4.69, 9.17) is 9.53 Å². The van der Waals surface area contributed by atoms with Crippen molar-refractivity contribution in [2.75, 3.05) is 6.61 Å². The highest BCUT2D eigenvalue weighted by atomic mass is 28.4. The van der Waals surface area contributed by atoms with Gasteiger partial charge in [-0.3, -0.25) is 0 Å². The summed E-state index contributed by atoms with van der Waals surface area (Å²) in [6, 6.07) is 20.6. The number of carboxylic acids is 1. The molecule has 25 heavy (non-hydrogen) atoms. The van der Waals surface area contributed by atoms with Gasteiger partial charge < -0.3 is 9.53 Å². The van der Waals surface area contributed by atoms with Gasteiger partial charge in [-0.05, 0) is 15.4 Å². The molecule has 132 valence electrons. The largest absolute Gasteiger partial charge is 0.478 e. The van der Waals surface area contributed by atoms with E-state index in [0.29, 0.717) is 13.0 Å². The third kappa shape index (κ3) is 4.09. The summed E-state index contributed by atoms with van der Waals surface area (Å²) >= 11 is 0. The molecular weight excluding hydrogens is 328 g/mol. The first-order valence-electron chi connectivity index (χ1n) is 8.45. The number of carbonyl (C=O) groups is 1. The van der Waals surface area contributed by atoms with Crippen molar-refractivity contribution >= 4 is 24.7 Å². The molecule has 0 aliphatic heterocycles. The Kier molecular flexibility index (Phi) is 5.98. The Balaban J connectivity index is 2.49. The number of rotatable bonds is 7. The van der Waals surface area contributed by atoms with Crippen molar-refractivity contribution in [2.24, 2.45) is 0 Å². The lowest BCUT2D eigenvalue weighted by molar-refractivity contribution is -0.132. The van der Waals surface area contributed by atoms with Crippen molar-refractivity contribution < 1.29 is 14.3 Å². The van der Waals surface area contributed by atoms with Crippen LogP contribution in [0.4, 0.5) is 0 Å². The van der Waals surface area contributed by atoms with Gasteiger partial charge in [0.05, 0.1) is 0 Å². The fourth-order valence-corrected chi connectivity index (χ4v) is 7.76. The lowest BCUT2D eigenvalue weighted by Gasteiger charge is -2.43. The molecule has 0 aromatic heterocycles. The predicted octanol–water partition coefficient (Wildman–Crippen LogP) is 3.59. The van der Waals surface area contributed by atoms with Gasteiger partial charge in [0.2, 0.25) is 0 Å². The molecule has 4 heteroatoms. The molecule has 0 saturated carbocycles. The molecule has 0 aliphatic rings. The van der Waals surface area contributed by atoms with E-state index >= 15 is 0 Å². The van der Waals surface area contributed by atoms with Crippen molar-refractivity contribution in [1.82, 2.24) is 0 Å². The maximum atomic E-state index is 11.0. The molecular formula is C21H26O3Si. The molecule has 2 aromatic carbocycles. The van der Waals surface area contributed by atoms with Crippen LogP contribution in [0.2, 0.25) is 5.04 Å². The van der Waals surface area contributed by atoms with E-state index in [2.05, 4.69) is 51.6 Å². The Labute approximate surface area is 151 Å². The van der Waals surface area contributed by atoms with Gasteiger partial charge in [0.25, 0.3) is 8.32 Å². The van der Waals surface area contributed by atoms with Gasteiger partial charge in [-0.1, -0.05) is 88.0 Å². The van der Waals surface area contributed by atoms with Gasteiger partial charge >= 0.3 is 5.97 Å². The number of hydrogen-bond donors (Lipinski definition) is 1. The van der Waals surface area contributed by atoms with Crippen LogP contribution in [0.3, 0.4) is 0 Å². The Morgan fingerprint density at radius 1 is 1.00 bits per heavy atom. The minimum Gasteiger partial charge on any atom is -0.478 e. The SMILES string of the molecule is C=C(CCO[Si](c1ccccc1)(c1ccccc1)C(C)(C)C)C(=O)O. The normalized spacial score (nSPS) is 12.0. The second kappa shape index (κ2) is 7.81. The molecule has 3 nitrogen and oxygen atoms in total. The second-order valence-corrected chi connectivity index (χ2v) is 11.5. The minimum absolute atomic E-state index is 0.111. The molecule has 0 aliphatic carbocycles. The summed E-state index contributed by atoms with van der Waals surface area (Å²) in [4.78, 5) is 11.0. The van der Waals surface area contributed by atoms with Crippen molar-refractivity contribution in [2.45, 2.75) is 32.2 Å². The minimum atomic E-state index is -2.58. The van der Waals surface area contributed by atoms with E-state index in [1.165, 1.54) is 10.4 Å². The standard InChI is InChI=1S/C21H26O3Si/c1-17(20(22)23)15-16-24-25(21(2,3)4,18-11-7-5-8-12-18)19-13-9-6-10-14-19/h5-14H,1,15-16H2,2-4H3,(H,22,23). The van der Waals surface area contributed by atoms with Crippen molar-refractivity contribution in [1.29, 1.82) is 0 Å². The Morgan fingerprint density at radius 3 is 1.80 bits per heavy atom. The highest BCUT2D eigenvalue weighted by molar-refractivity contribution is 6.99. The van der Waals surface area contributed by atoms with Crippen molar-refractivity contribution in [3.05, 3.63) is 72.8 Å². The summed E-state index contributed by atoms with van der Waals surface area (Å²) < 4.78 is 6.60. The fourth-order valence-electron chi connectivity index (χ4n) is 3.20. The number of hydrogen-bond acceptors (Lipinski definition) is 2. The Bertz CT molecular complexity index is 678. The Hall–Kier alpha value is -2.17. The van der Waals surface area contributed by atoms with Crippen LogP contribution in [0.1, 0.15) is 27.2 Å². The highest BCUT2D eigenvalue weighted by Gasteiger charge is 2.49. The summed E-state index contributed by atoms with van der Waals surface area (Å²) in [5.74, 6) is -0.967. The molecule has 0 spiro atoms. The summed E-state index contributed by atoms with van der Waals surface area (Å²) in [5.41, 5.74) is 0.179. The summed E-state index contributed by atoms with van der Waals surface area (Å²) in [6.45, 7) is 10.6. The topological polar surface area (TPSA) is 46.5 Å². The van der Waals surface area contributed by atoms with Gasteiger partial charge in [-0.25, -0.2) is 4.79 Å². The molecule has 0 heterocycles. The smallest absolute Gasteiger partial charge is 0.331 e. The van der Waals surface area contributed by atoms with Gasteiger partial charge in [0.15, 0.2) is 0 Å². The average molecular weight is 355 g/mol. The maximum absolute atomic E-state index is 11.0. The zero-order chi connectivity index (χ0) is 18.5. The monoisotopic (exact) mass is 354 g/mol. The predicted molar refractivity (Wildman–Crippen MR) is 105 cm³/mol. The first kappa shape index (κ1) is 19.2. The average Bonchev–Trinajstić information content (AvgIpc) is 2.59. The van der Waals surface area contributed by atoms with E-state index in [9.17, 15) is 4.79 Å². The van der Waals surface area contributed by atoms with Gasteiger partial charge in [0.1, 0.15) is 0 Å². The molecule has 0 bridgehead atoms. The zero-order valence-corrected chi connectivity index (χ0v) is 16.2. The van der Waals surface area contributed by atoms with E-state index in [-0.39, 0.29) is 10.6 Å². The Morgan fingerprint density at radius 2 is 1.44 bits per heavy atom. The quantitative estimate of drug-likeness (QED) is 0.610. The van der Waals surface area contributed by atoms with Crippen LogP contribution in [0, 0.1) is 0 Å². The van der Waals surface area contributed by atoms with Gasteiger partial charge in [0, 0.05) is 18.6 Å². The van der Waals surface area contributed by atoms with Crippen LogP contribution < -0.4 is 10.4 Å². The lowest BCUT2D eigenvalue weighted by Crippen LogP contribution is -2.66. The first-order chi connectivity index (χ1) is 11.8. The van der Waals surface area contributed by atoms with Crippen molar-refractivity contribution in [3.63, 3.8) is 0 Å². The summed E-state index contributed by atoms with van der Waals surface area (Å²) in [7, 11) is -2.58. The van der Waals surface area contributed by atoms with Crippen LogP contribution in [0.25, 0.3) is 0 Å². The summed E-state index contributed by atoms with van der Waals surface area (Å²) in [6.07, 6.45) is 0.319. The maximum Gasteiger partial charge on any atom is 0.331 e. The summed E-state index contributed by atoms with van der Waals surface area (Å²) in [5, 5.41) is 11.3. The molecule has 1 N–H and O–H groups in total. The molecule has 0 unspecified atom stereocenters. The van der Waals surface area contributed by atoms with Crippen molar-refractivity contribution in [3.8, 4) is 0 Å². The van der Waals surface area contributed by atoms with E-state index in [1.54, 1.807) is 0 Å². The van der Waals surface area contributed by atoms with Crippen LogP contribution in [-0.4, -0.2) is 26.0 Å². The zero-order valence-electron chi connectivity index (χ0n) is 15.2. The molecule has 0 atom stereocenters. The van der Waals surface area contributed by atoms with Crippen LogP contribution >= 0.6 is 0 Å². The van der Waals surface area contributed by atoms with Crippen LogP contribution in [0.15, 0.2) is 72.8 Å². The number of carboxylic acid groups (broad SMARTS) is 1. The van der Waals surface area contributed by atoms with E-state index < -0.39 is 14.3 Å². The van der Waals surface area contributed by atoms with E-state index in [0.717, 1.165) is 0 Å². The molecule has 2 rings (SSSR count). The molecule has 0 saturated heterocycles. The molecule has 2 aromatic rings. The highest BCUT2D eigenvalue weighted by Crippen LogP contribution is 2.36. The fraction of sp³-hybridized carbons (Fsp3) is 0.286.